The van der Waals surface area contributed by atoms with Crippen LogP contribution in [-0.4, -0.2) is 30.8 Å². The van der Waals surface area contributed by atoms with Gasteiger partial charge in [0.25, 0.3) is 5.90 Å². The summed E-state index contributed by atoms with van der Waals surface area (Å²) in [5.74, 6) is 6.02. The number of allylic oxidation sites excluding steroid dienone is 1. The van der Waals surface area contributed by atoms with Crippen molar-refractivity contribution < 1.29 is 4.84 Å². The summed E-state index contributed by atoms with van der Waals surface area (Å²) in [7, 11) is 0. The van der Waals surface area contributed by atoms with Crippen molar-refractivity contribution in [2.75, 3.05) is 5.73 Å². The van der Waals surface area contributed by atoms with E-state index < -0.39 is 5.41 Å². The monoisotopic (exact) mass is 392 g/mol. The molecule has 5 N–H and O–H groups in total. The number of nitrogen functional groups attached to an aromatic ring is 1. The second-order valence-electron chi connectivity index (χ2n) is 7.07. The number of H-pyrrole nitrogens is 1. The number of pyridine rings is 1. The summed E-state index contributed by atoms with van der Waals surface area (Å²) in [5, 5.41) is 0. The number of hydrogen-bond donors (Lipinski definition) is 3. The number of rotatable bonds is 6. The predicted molar refractivity (Wildman–Crippen MR) is 111 cm³/mol. The van der Waals surface area contributed by atoms with E-state index in [9.17, 15) is 0 Å². The maximum absolute atomic E-state index is 5.55. The van der Waals surface area contributed by atoms with Gasteiger partial charge in [0.1, 0.15) is 5.69 Å². The molecule has 9 nitrogen and oxygen atoms in total. The lowest BCUT2D eigenvalue weighted by molar-refractivity contribution is 0.317. The largest absolute Gasteiger partial charge is 0.389 e. The summed E-state index contributed by atoms with van der Waals surface area (Å²) in [6.45, 7) is 10.5. The zero-order chi connectivity index (χ0) is 21.0. The average molecular weight is 392 g/mol. The van der Waals surface area contributed by atoms with Gasteiger partial charge in [0.15, 0.2) is 0 Å². The third-order valence-electron chi connectivity index (χ3n) is 5.16. The number of nitrogens with one attached hydrogen (secondary N) is 1. The molecule has 9 heteroatoms. The second kappa shape index (κ2) is 8.19. The minimum Gasteiger partial charge on any atom is -0.389 e. The van der Waals surface area contributed by atoms with E-state index in [1.54, 1.807) is 18.6 Å². The van der Waals surface area contributed by atoms with Crippen molar-refractivity contribution >= 4 is 11.8 Å². The van der Waals surface area contributed by atoms with Gasteiger partial charge in [-0.1, -0.05) is 26.5 Å². The number of nitrogens with two attached hydrogens (primary N) is 2. The molecule has 1 unspecified atom stereocenters. The molecule has 0 bridgehead atoms. The quantitative estimate of drug-likeness (QED) is 0.332. The smallest absolute Gasteiger partial charge is 0.263 e. The predicted octanol–water partition coefficient (Wildman–Crippen LogP) is 2.61. The number of aromatic nitrogens is 5. The highest BCUT2D eigenvalue weighted by atomic mass is 16.6. The number of hydrogen-bond acceptors (Lipinski definition) is 8. The van der Waals surface area contributed by atoms with E-state index in [-0.39, 0.29) is 17.8 Å². The first kappa shape index (κ1) is 20.2. The molecule has 0 aromatic carbocycles. The summed E-state index contributed by atoms with van der Waals surface area (Å²) in [6.07, 6.45) is 8.20. The van der Waals surface area contributed by atoms with Gasteiger partial charge in [0.05, 0.1) is 18.2 Å². The first-order valence-electron chi connectivity index (χ1n) is 9.04. The molecule has 0 saturated heterocycles. The zero-order valence-electron chi connectivity index (χ0n) is 16.6. The third-order valence-corrected chi connectivity index (χ3v) is 5.16. The highest BCUT2D eigenvalue weighted by Crippen LogP contribution is 2.39. The molecular weight excluding hydrogens is 368 g/mol. The van der Waals surface area contributed by atoms with Gasteiger partial charge in [-0.05, 0) is 24.5 Å². The van der Waals surface area contributed by atoms with E-state index in [2.05, 4.69) is 57.3 Å². The molecular formula is C20H24N8O. The number of nitrogens with zero attached hydrogens (tertiary/aromatic N) is 5. The van der Waals surface area contributed by atoms with Crippen LogP contribution in [0.4, 0.5) is 5.95 Å². The van der Waals surface area contributed by atoms with E-state index >= 15 is 0 Å². The number of anilines is 1. The normalized spacial score (nSPS) is 13.9. The molecule has 29 heavy (non-hydrogen) atoms. The topological polar surface area (TPSA) is 141 Å². The van der Waals surface area contributed by atoms with Gasteiger partial charge in [0.2, 0.25) is 5.95 Å². The van der Waals surface area contributed by atoms with Gasteiger partial charge >= 0.3 is 0 Å². The Bertz CT molecular complexity index is 994. The molecule has 3 rings (SSSR count). The summed E-state index contributed by atoms with van der Waals surface area (Å²) in [4.78, 5) is 29.0. The van der Waals surface area contributed by atoms with Crippen molar-refractivity contribution in [1.29, 1.82) is 0 Å². The van der Waals surface area contributed by atoms with Gasteiger partial charge in [0, 0.05) is 35.3 Å². The average Bonchev–Trinajstić information content (AvgIpc) is 3.26. The molecule has 0 saturated carbocycles. The first-order chi connectivity index (χ1) is 13.9. The highest BCUT2D eigenvalue weighted by Gasteiger charge is 2.35. The minimum atomic E-state index is -0.507. The second-order valence-corrected chi connectivity index (χ2v) is 7.07. The Morgan fingerprint density at radius 3 is 2.41 bits per heavy atom. The number of imidazole rings is 1. The van der Waals surface area contributed by atoms with Crippen LogP contribution in [-0.2, 0) is 10.3 Å². The van der Waals surface area contributed by atoms with Crippen molar-refractivity contribution in [3.8, 4) is 11.3 Å². The first-order valence-corrected chi connectivity index (χ1v) is 9.04. The molecule has 0 amide bonds. The van der Waals surface area contributed by atoms with Crippen LogP contribution in [0, 0.1) is 5.92 Å². The molecule has 1 atom stereocenters. The Labute approximate surface area is 169 Å². The van der Waals surface area contributed by atoms with Crippen molar-refractivity contribution in [1.82, 2.24) is 24.9 Å². The Kier molecular flexibility index (Phi) is 5.69. The van der Waals surface area contributed by atoms with Crippen LogP contribution in [0.15, 0.2) is 60.5 Å². The molecule has 0 radical (unpaired) electrons. The van der Waals surface area contributed by atoms with Crippen LogP contribution in [0.1, 0.15) is 32.0 Å². The number of aromatic amines is 1. The molecule has 0 aliphatic rings. The summed E-state index contributed by atoms with van der Waals surface area (Å²) in [6, 6.07) is 3.91. The van der Waals surface area contributed by atoms with Crippen molar-refractivity contribution in [2.45, 2.75) is 26.2 Å². The lowest BCUT2D eigenvalue weighted by Crippen LogP contribution is -2.31. The van der Waals surface area contributed by atoms with Crippen LogP contribution in [0.25, 0.3) is 11.3 Å². The Hall–Kier alpha value is -3.59. The molecule has 3 heterocycles. The van der Waals surface area contributed by atoms with E-state index in [1.165, 1.54) is 6.33 Å². The maximum Gasteiger partial charge on any atom is 0.263 e. The van der Waals surface area contributed by atoms with Crippen molar-refractivity contribution in [2.24, 2.45) is 16.8 Å². The molecule has 0 aliphatic heterocycles. The molecule has 0 spiro atoms. The van der Waals surface area contributed by atoms with Crippen LogP contribution in [0.5, 0.6) is 0 Å². The van der Waals surface area contributed by atoms with E-state index in [1.807, 2.05) is 18.3 Å². The van der Waals surface area contributed by atoms with Gasteiger partial charge in [-0.2, -0.15) is 5.90 Å². The lowest BCUT2D eigenvalue weighted by Gasteiger charge is -2.34. The fourth-order valence-corrected chi connectivity index (χ4v) is 2.94. The molecule has 3 aromatic heterocycles. The van der Waals surface area contributed by atoms with Gasteiger partial charge in [-0.25, -0.2) is 19.9 Å². The van der Waals surface area contributed by atoms with Crippen molar-refractivity contribution in [3.63, 3.8) is 0 Å². The van der Waals surface area contributed by atoms with Gasteiger partial charge in [-0.3, -0.25) is 4.98 Å². The van der Waals surface area contributed by atoms with Crippen LogP contribution < -0.4 is 11.6 Å². The third kappa shape index (κ3) is 3.99. The summed E-state index contributed by atoms with van der Waals surface area (Å²) in [5.41, 5.74) is 8.69. The van der Waals surface area contributed by atoms with E-state index in [4.69, 9.17) is 16.5 Å². The minimum absolute atomic E-state index is 0.173. The molecule has 0 aliphatic carbocycles. The van der Waals surface area contributed by atoms with Gasteiger partial charge < -0.3 is 15.6 Å². The Morgan fingerprint density at radius 2 is 1.90 bits per heavy atom. The van der Waals surface area contributed by atoms with Crippen LogP contribution in [0.2, 0.25) is 0 Å². The van der Waals surface area contributed by atoms with Gasteiger partial charge in [-0.15, -0.1) is 0 Å². The molecule has 150 valence electrons. The number of aliphatic imine (C=N–C) groups is 1. The van der Waals surface area contributed by atoms with E-state index in [0.717, 1.165) is 16.8 Å². The highest BCUT2D eigenvalue weighted by molar-refractivity contribution is 5.92. The van der Waals surface area contributed by atoms with E-state index in [0.29, 0.717) is 11.4 Å². The summed E-state index contributed by atoms with van der Waals surface area (Å²) >= 11 is 0. The lowest BCUT2D eigenvalue weighted by atomic mass is 9.72. The summed E-state index contributed by atoms with van der Waals surface area (Å²) < 4.78 is 0. The van der Waals surface area contributed by atoms with Crippen LogP contribution in [0.3, 0.4) is 0 Å². The van der Waals surface area contributed by atoms with Crippen LogP contribution >= 0.6 is 0 Å². The fraction of sp³-hybridized carbons (Fsp3) is 0.250. The maximum atomic E-state index is 5.55. The fourth-order valence-electron chi connectivity index (χ4n) is 2.94. The Balaban J connectivity index is 1.95. The standard InChI is InChI=1S/C20H24N8O/c1-12(2)20(4,13(3)28-18(29-22)17-10-23-11-27-17)15-5-6-16(24-9-15)14-7-25-19(21)26-8-14/h5-12H,3,22H2,1-2,4H3,(H,23,27)(H2,21,25,26). The zero-order valence-corrected chi connectivity index (χ0v) is 16.6. The van der Waals surface area contributed by atoms with Crippen molar-refractivity contribution in [3.05, 3.63) is 66.8 Å². The molecule has 3 aromatic rings. The molecule has 0 fully saturated rings. The SMILES string of the molecule is C=C(N=C(ON)c1cnc[nH]1)C(C)(c1ccc(-c2cnc(N)nc2)nc1)C(C)C. The Morgan fingerprint density at radius 1 is 1.17 bits per heavy atom.